The van der Waals surface area contributed by atoms with Crippen molar-refractivity contribution in [2.75, 3.05) is 6.61 Å². The van der Waals surface area contributed by atoms with E-state index in [0.717, 1.165) is 19.0 Å². The number of alkyl halides is 2. The molecule has 3 aliphatic carbocycles. The minimum absolute atomic E-state index is 0.101. The van der Waals surface area contributed by atoms with E-state index in [1.807, 2.05) is 0 Å². The number of ether oxygens (including phenoxy) is 2. The molecule has 7 nitrogen and oxygen atoms in total. The molecule has 0 radical (unpaired) electrons. The van der Waals surface area contributed by atoms with Crippen molar-refractivity contribution in [1.29, 1.82) is 0 Å². The predicted molar refractivity (Wildman–Crippen MR) is 112 cm³/mol. The molecule has 1 unspecified atom stereocenters. The Kier molecular flexibility index (Phi) is 6.39. The van der Waals surface area contributed by atoms with Crippen LogP contribution in [0.25, 0.3) is 0 Å². The van der Waals surface area contributed by atoms with E-state index >= 15 is 0 Å². The summed E-state index contributed by atoms with van der Waals surface area (Å²) < 4.78 is 34.1. The number of fused-ring (bicyclic) bond motifs is 1. The van der Waals surface area contributed by atoms with Crippen molar-refractivity contribution in [2.45, 2.75) is 37.5 Å². The van der Waals surface area contributed by atoms with Crippen LogP contribution in [0, 0.1) is 5.92 Å². The molecule has 3 fully saturated rings. The first-order chi connectivity index (χ1) is 15.2. The van der Waals surface area contributed by atoms with Gasteiger partial charge in [-0.15, -0.1) is 0 Å². The number of carbonyl (C=O) groups excluding carboxylic acids is 2. The number of amides is 2. The van der Waals surface area contributed by atoms with Gasteiger partial charge in [0, 0.05) is 17.6 Å². The third-order valence-electron chi connectivity index (χ3n) is 5.66. The molecular weight excluding hydrogens is 467 g/mol. The first-order valence-electron chi connectivity index (χ1n) is 9.84. The Bertz CT molecular complexity index is 1020. The summed E-state index contributed by atoms with van der Waals surface area (Å²) in [5.41, 5.74) is -0.271. The molecule has 2 amide bonds. The molecule has 11 heteroatoms. The van der Waals surface area contributed by atoms with E-state index in [1.165, 1.54) is 18.2 Å². The lowest BCUT2D eigenvalue weighted by atomic mass is 9.76. The summed E-state index contributed by atoms with van der Waals surface area (Å²) in [5.74, 6) is -0.109. The fourth-order valence-corrected chi connectivity index (χ4v) is 4.57. The number of halogens is 4. The zero-order chi connectivity index (χ0) is 22.9. The molecule has 1 aromatic heterocycles. The molecule has 2 aromatic rings. The molecule has 1 atom stereocenters. The molecular formula is C21H19Cl2F2N3O4. The Morgan fingerprint density at radius 1 is 1.12 bits per heavy atom. The van der Waals surface area contributed by atoms with Gasteiger partial charge < -0.3 is 20.1 Å². The van der Waals surface area contributed by atoms with Crippen molar-refractivity contribution in [3.8, 4) is 11.5 Å². The number of hydrogen-bond donors (Lipinski definition) is 2. The molecule has 3 aliphatic rings. The van der Waals surface area contributed by atoms with Gasteiger partial charge in [-0.05, 0) is 49.4 Å². The van der Waals surface area contributed by atoms with E-state index in [9.17, 15) is 18.4 Å². The normalized spacial score (nSPS) is 23.4. The quantitative estimate of drug-likeness (QED) is 0.592. The summed E-state index contributed by atoms with van der Waals surface area (Å²) in [6, 6.07) is 7.22. The number of benzene rings is 1. The molecule has 0 spiro atoms. The zero-order valence-corrected chi connectivity index (χ0v) is 18.1. The van der Waals surface area contributed by atoms with Gasteiger partial charge in [0.1, 0.15) is 17.2 Å². The average molecular weight is 486 g/mol. The number of nitrogens with zero attached hydrogens (tertiary/aromatic N) is 1. The highest BCUT2D eigenvalue weighted by molar-refractivity contribution is 6.42. The number of nitrogens with one attached hydrogen (secondary N) is 2. The maximum Gasteiger partial charge on any atom is 0.387 e. The second-order valence-electron chi connectivity index (χ2n) is 7.90. The van der Waals surface area contributed by atoms with Crippen LogP contribution in [0.5, 0.6) is 11.5 Å². The molecule has 2 bridgehead atoms. The van der Waals surface area contributed by atoms with Crippen LogP contribution in [0.4, 0.5) is 8.78 Å². The Balaban J connectivity index is 1.26. The maximum atomic E-state index is 12.4. The lowest BCUT2D eigenvalue weighted by molar-refractivity contribution is -0.125. The van der Waals surface area contributed by atoms with E-state index in [0.29, 0.717) is 22.2 Å². The first-order valence-corrected chi connectivity index (χ1v) is 10.6. The number of pyridine rings is 1. The minimum atomic E-state index is -2.96. The lowest BCUT2D eigenvalue weighted by Gasteiger charge is -2.39. The fourth-order valence-electron chi connectivity index (χ4n) is 4.28. The second-order valence-corrected chi connectivity index (χ2v) is 8.72. The van der Waals surface area contributed by atoms with Crippen LogP contribution in [-0.2, 0) is 4.79 Å². The van der Waals surface area contributed by atoms with Crippen LogP contribution in [0.15, 0.2) is 36.5 Å². The number of carbonyl (C=O) groups is 2. The molecule has 1 heterocycles. The third kappa shape index (κ3) is 5.05. The Hall–Kier alpha value is -2.65. The maximum absolute atomic E-state index is 12.4. The molecule has 5 rings (SSSR count). The largest absolute Gasteiger partial charge is 0.484 e. The third-order valence-corrected chi connectivity index (χ3v) is 6.40. The van der Waals surface area contributed by atoms with E-state index in [1.54, 1.807) is 12.1 Å². The van der Waals surface area contributed by atoms with Crippen molar-refractivity contribution >= 4 is 35.0 Å². The Morgan fingerprint density at radius 3 is 2.53 bits per heavy atom. The van der Waals surface area contributed by atoms with E-state index < -0.39 is 12.5 Å². The zero-order valence-electron chi connectivity index (χ0n) is 16.6. The highest BCUT2D eigenvalue weighted by Gasteiger charge is 2.57. The van der Waals surface area contributed by atoms with Crippen molar-refractivity contribution in [1.82, 2.24) is 15.6 Å². The SMILES string of the molecule is O=C(COc1ccc(Cl)c(Cl)c1)NC12CC(C1)C(NC(=O)c1ccc(OC(F)F)cn1)C2. The molecule has 0 saturated heterocycles. The standard InChI is InChI=1S/C21H19Cl2F2N3O4/c22-14-3-1-12(5-15(14)23)31-10-18(29)28-21-6-11(7-21)17(8-21)27-19(30)16-4-2-13(9-26-16)32-20(24)25/h1-5,9,11,17,20H,6-8,10H2,(H,27,30)(H,28,29). The van der Waals surface area contributed by atoms with Crippen LogP contribution in [0.1, 0.15) is 29.8 Å². The number of aromatic nitrogens is 1. The van der Waals surface area contributed by atoms with Gasteiger partial charge >= 0.3 is 6.61 Å². The minimum Gasteiger partial charge on any atom is -0.484 e. The molecule has 1 aromatic carbocycles. The summed E-state index contributed by atoms with van der Waals surface area (Å²) >= 11 is 11.8. The van der Waals surface area contributed by atoms with Gasteiger partial charge in [-0.2, -0.15) is 8.78 Å². The highest BCUT2D eigenvalue weighted by atomic mass is 35.5. The average Bonchev–Trinajstić information content (AvgIpc) is 3.22. The van der Waals surface area contributed by atoms with Gasteiger partial charge in [0.25, 0.3) is 11.8 Å². The molecule has 170 valence electrons. The number of rotatable bonds is 8. The molecule has 3 saturated carbocycles. The van der Waals surface area contributed by atoms with E-state index in [2.05, 4.69) is 20.4 Å². The van der Waals surface area contributed by atoms with Crippen LogP contribution >= 0.6 is 23.2 Å². The molecule has 0 aliphatic heterocycles. The summed E-state index contributed by atoms with van der Waals surface area (Å²) in [6.45, 7) is -3.12. The van der Waals surface area contributed by atoms with Crippen LogP contribution < -0.4 is 20.1 Å². The van der Waals surface area contributed by atoms with Crippen molar-refractivity contribution in [2.24, 2.45) is 5.92 Å². The van der Waals surface area contributed by atoms with Gasteiger partial charge in [0.15, 0.2) is 6.61 Å². The Morgan fingerprint density at radius 2 is 1.88 bits per heavy atom. The summed E-state index contributed by atoms with van der Waals surface area (Å²) in [6.07, 6.45) is 3.18. The van der Waals surface area contributed by atoms with E-state index in [-0.39, 0.29) is 41.5 Å². The Labute approximate surface area is 192 Å². The number of hydrogen-bond acceptors (Lipinski definition) is 5. The van der Waals surface area contributed by atoms with Gasteiger partial charge in [-0.3, -0.25) is 9.59 Å². The summed E-state index contributed by atoms with van der Waals surface area (Å²) in [7, 11) is 0. The fraction of sp³-hybridized carbons (Fsp3) is 0.381. The monoisotopic (exact) mass is 485 g/mol. The van der Waals surface area contributed by atoms with Crippen LogP contribution in [0.2, 0.25) is 10.0 Å². The van der Waals surface area contributed by atoms with Crippen molar-refractivity contribution < 1.29 is 27.8 Å². The highest BCUT2D eigenvalue weighted by Crippen LogP contribution is 2.52. The van der Waals surface area contributed by atoms with Crippen LogP contribution in [-0.4, -0.2) is 41.6 Å². The van der Waals surface area contributed by atoms with Gasteiger partial charge in [-0.25, -0.2) is 4.98 Å². The first kappa shape index (κ1) is 22.5. The van der Waals surface area contributed by atoms with Gasteiger partial charge in [0.2, 0.25) is 0 Å². The smallest absolute Gasteiger partial charge is 0.387 e. The van der Waals surface area contributed by atoms with Crippen molar-refractivity contribution in [3.05, 3.63) is 52.3 Å². The summed E-state index contributed by atoms with van der Waals surface area (Å²) in [5, 5.41) is 6.66. The van der Waals surface area contributed by atoms with Crippen molar-refractivity contribution in [3.63, 3.8) is 0 Å². The topological polar surface area (TPSA) is 89.6 Å². The van der Waals surface area contributed by atoms with E-state index in [4.69, 9.17) is 27.9 Å². The van der Waals surface area contributed by atoms with Gasteiger partial charge in [0.05, 0.1) is 16.2 Å². The lowest BCUT2D eigenvalue weighted by Crippen LogP contribution is -2.53. The molecule has 2 N–H and O–H groups in total. The molecule has 32 heavy (non-hydrogen) atoms. The predicted octanol–water partition coefficient (Wildman–Crippen LogP) is 3.84. The summed E-state index contributed by atoms with van der Waals surface area (Å²) in [4.78, 5) is 28.7. The second kappa shape index (κ2) is 9.07. The van der Waals surface area contributed by atoms with Crippen LogP contribution in [0.3, 0.4) is 0 Å². The van der Waals surface area contributed by atoms with Gasteiger partial charge in [-0.1, -0.05) is 23.2 Å².